The van der Waals surface area contributed by atoms with Crippen LogP contribution >= 0.6 is 0 Å². The highest BCUT2D eigenvalue weighted by Gasteiger charge is 2.50. The van der Waals surface area contributed by atoms with Gasteiger partial charge in [-0.05, 0) is 0 Å². The van der Waals surface area contributed by atoms with E-state index in [4.69, 9.17) is 14.6 Å². The van der Waals surface area contributed by atoms with Crippen molar-refractivity contribution in [2.45, 2.75) is 61.4 Å². The van der Waals surface area contributed by atoms with Crippen molar-refractivity contribution in [3.05, 3.63) is 0 Å². The third-order valence-corrected chi connectivity index (χ3v) is 3.90. The van der Waals surface area contributed by atoms with Gasteiger partial charge >= 0.3 is 5.97 Å². The van der Waals surface area contributed by atoms with E-state index in [2.05, 4.69) is 4.74 Å². The zero-order valence-electron chi connectivity index (χ0n) is 12.2. The summed E-state index contributed by atoms with van der Waals surface area (Å²) < 4.78 is 14.3. The van der Waals surface area contributed by atoms with Gasteiger partial charge in [-0.3, -0.25) is 0 Å². The molecule has 2 aliphatic rings. The summed E-state index contributed by atoms with van der Waals surface area (Å²) in [4.78, 5) is 12.0. The first-order valence-corrected chi connectivity index (χ1v) is 7.07. The summed E-state index contributed by atoms with van der Waals surface area (Å²) in [6.07, 6.45) is -18.0. The van der Waals surface area contributed by atoms with Gasteiger partial charge in [-0.2, -0.15) is 0 Å². The van der Waals surface area contributed by atoms with Gasteiger partial charge in [0, 0.05) is 0 Å². The highest BCUT2D eigenvalue weighted by atomic mass is 16.7. The summed E-state index contributed by atoms with van der Waals surface area (Å²) in [5, 5.41) is 75.9. The number of hydrogen-bond donors (Lipinski definition) is 8. The molecule has 12 heteroatoms. The van der Waals surface area contributed by atoms with E-state index >= 15 is 0 Å². The Morgan fingerprint density at radius 2 is 1.38 bits per heavy atom. The van der Waals surface area contributed by atoms with E-state index in [9.17, 15) is 40.5 Å². The molecule has 10 atom stereocenters. The SMILES string of the molecule is O=C(O[C@@H]1O[C@H](CO)[C@@H](O)[C@H](O)[C@H]1O)[C@H]1O[C@@H](O)[C@H](O)[C@@H](O)[C@@H]1O. The Balaban J connectivity index is 2.05. The van der Waals surface area contributed by atoms with E-state index in [0.717, 1.165) is 0 Å². The maximum absolute atomic E-state index is 12.0. The second-order valence-corrected chi connectivity index (χ2v) is 5.55. The van der Waals surface area contributed by atoms with Crippen LogP contribution in [-0.4, -0.2) is 115 Å². The number of carbonyl (C=O) groups is 1. The predicted molar refractivity (Wildman–Crippen MR) is 68.8 cm³/mol. The Hall–Kier alpha value is -0.930. The molecule has 2 rings (SSSR count). The van der Waals surface area contributed by atoms with E-state index in [1.165, 1.54) is 0 Å². The largest absolute Gasteiger partial charge is 0.431 e. The summed E-state index contributed by atoms with van der Waals surface area (Å²) in [7, 11) is 0. The predicted octanol–water partition coefficient (Wildman–Crippen LogP) is -5.87. The van der Waals surface area contributed by atoms with E-state index in [0.29, 0.717) is 0 Å². The van der Waals surface area contributed by atoms with E-state index in [1.54, 1.807) is 0 Å². The number of carbonyl (C=O) groups excluding carboxylic acids is 1. The molecular formula is C12H20O12. The zero-order valence-corrected chi connectivity index (χ0v) is 12.2. The van der Waals surface area contributed by atoms with Crippen LogP contribution in [-0.2, 0) is 19.0 Å². The molecule has 24 heavy (non-hydrogen) atoms. The highest BCUT2D eigenvalue weighted by Crippen LogP contribution is 2.25. The number of rotatable bonds is 3. The van der Waals surface area contributed by atoms with Gasteiger partial charge < -0.3 is 55.1 Å². The van der Waals surface area contributed by atoms with Crippen LogP contribution < -0.4 is 0 Å². The summed E-state index contributed by atoms with van der Waals surface area (Å²) in [6.45, 7) is -0.745. The molecule has 12 nitrogen and oxygen atoms in total. The molecule has 2 heterocycles. The molecule has 0 amide bonds. The van der Waals surface area contributed by atoms with Crippen molar-refractivity contribution in [3.8, 4) is 0 Å². The van der Waals surface area contributed by atoms with Gasteiger partial charge in [-0.1, -0.05) is 0 Å². The molecule has 2 saturated heterocycles. The van der Waals surface area contributed by atoms with Crippen LogP contribution in [0.3, 0.4) is 0 Å². The minimum absolute atomic E-state index is 0.745. The fourth-order valence-corrected chi connectivity index (χ4v) is 2.40. The van der Waals surface area contributed by atoms with E-state index in [1.807, 2.05) is 0 Å². The fraction of sp³-hybridized carbons (Fsp3) is 0.917. The van der Waals surface area contributed by atoms with E-state index < -0.39 is 74.0 Å². The number of ether oxygens (including phenoxy) is 3. The van der Waals surface area contributed by atoms with Crippen LogP contribution in [0.2, 0.25) is 0 Å². The lowest BCUT2D eigenvalue weighted by atomic mass is 9.98. The summed E-state index contributed by atoms with van der Waals surface area (Å²) in [5.41, 5.74) is 0. The van der Waals surface area contributed by atoms with Gasteiger partial charge in [0.05, 0.1) is 6.61 Å². The lowest BCUT2D eigenvalue weighted by Crippen LogP contribution is -2.62. The smallest absolute Gasteiger partial charge is 0.340 e. The van der Waals surface area contributed by atoms with E-state index in [-0.39, 0.29) is 0 Å². The molecule has 0 saturated carbocycles. The van der Waals surface area contributed by atoms with Crippen LogP contribution in [0, 0.1) is 0 Å². The molecule has 0 unspecified atom stereocenters. The van der Waals surface area contributed by atoms with Crippen molar-refractivity contribution >= 4 is 5.97 Å². The minimum Gasteiger partial charge on any atom is -0.431 e. The number of aliphatic hydroxyl groups is 8. The van der Waals surface area contributed by atoms with Crippen molar-refractivity contribution in [1.82, 2.24) is 0 Å². The summed E-state index contributed by atoms with van der Waals surface area (Å²) >= 11 is 0. The molecule has 0 bridgehead atoms. The molecule has 2 fully saturated rings. The van der Waals surface area contributed by atoms with Crippen molar-refractivity contribution in [2.24, 2.45) is 0 Å². The van der Waals surface area contributed by atoms with Crippen LogP contribution in [0.4, 0.5) is 0 Å². The lowest BCUT2D eigenvalue weighted by molar-refractivity contribution is -0.309. The molecular weight excluding hydrogens is 336 g/mol. The van der Waals surface area contributed by atoms with Gasteiger partial charge in [0.2, 0.25) is 6.29 Å². The average Bonchev–Trinajstić information content (AvgIpc) is 2.56. The topological polar surface area (TPSA) is 207 Å². The maximum Gasteiger partial charge on any atom is 0.340 e. The number of aliphatic hydroxyl groups excluding tert-OH is 8. The maximum atomic E-state index is 12.0. The third kappa shape index (κ3) is 3.52. The van der Waals surface area contributed by atoms with Crippen LogP contribution in [0.15, 0.2) is 0 Å². The second-order valence-electron chi connectivity index (χ2n) is 5.55. The summed E-state index contributed by atoms with van der Waals surface area (Å²) in [6, 6.07) is 0. The normalized spacial score (nSPS) is 49.7. The quantitative estimate of drug-likeness (QED) is 0.222. The minimum atomic E-state index is -1.98. The first-order valence-electron chi connectivity index (χ1n) is 7.07. The monoisotopic (exact) mass is 356 g/mol. The van der Waals surface area contributed by atoms with Gasteiger partial charge in [-0.25, -0.2) is 4.79 Å². The third-order valence-electron chi connectivity index (χ3n) is 3.90. The molecule has 8 N–H and O–H groups in total. The molecule has 0 aliphatic carbocycles. The van der Waals surface area contributed by atoms with Crippen molar-refractivity contribution < 1.29 is 59.9 Å². The Kier molecular flexibility index (Phi) is 6.09. The Morgan fingerprint density at radius 1 is 0.792 bits per heavy atom. The fourth-order valence-electron chi connectivity index (χ4n) is 2.40. The van der Waals surface area contributed by atoms with Crippen molar-refractivity contribution in [3.63, 3.8) is 0 Å². The molecule has 140 valence electrons. The average molecular weight is 356 g/mol. The zero-order chi connectivity index (χ0) is 18.2. The Morgan fingerprint density at radius 3 is 1.96 bits per heavy atom. The first-order chi connectivity index (χ1) is 11.2. The molecule has 0 aromatic carbocycles. The Labute approximate surface area is 135 Å². The van der Waals surface area contributed by atoms with Gasteiger partial charge in [-0.15, -0.1) is 0 Å². The lowest BCUT2D eigenvalue weighted by Gasteiger charge is -2.41. The van der Waals surface area contributed by atoms with Crippen LogP contribution in [0.5, 0.6) is 0 Å². The summed E-state index contributed by atoms with van der Waals surface area (Å²) in [5.74, 6) is -1.38. The molecule has 0 aromatic rings. The second kappa shape index (κ2) is 7.53. The van der Waals surface area contributed by atoms with Gasteiger partial charge in [0.25, 0.3) is 0 Å². The molecule has 0 spiro atoms. The van der Waals surface area contributed by atoms with Crippen LogP contribution in [0.1, 0.15) is 0 Å². The number of esters is 1. The molecule has 2 aliphatic heterocycles. The first kappa shape index (κ1) is 19.4. The van der Waals surface area contributed by atoms with Crippen LogP contribution in [0.25, 0.3) is 0 Å². The molecule has 0 radical (unpaired) electrons. The standard InChI is InChI=1S/C12H20O12/c13-1-2-3(14)4(15)8(19)12(22-2)24-11(21)9-6(17)5(16)7(18)10(20)23-9/h2-10,12-20H,1H2/t2-,3-,4+,5+,6+,7-,8-,9+,10-,12+/m1/s1. The van der Waals surface area contributed by atoms with Crippen molar-refractivity contribution in [1.29, 1.82) is 0 Å². The Bertz CT molecular complexity index is 444. The number of hydrogen-bond acceptors (Lipinski definition) is 12. The van der Waals surface area contributed by atoms with Gasteiger partial charge in [0.15, 0.2) is 12.4 Å². The van der Waals surface area contributed by atoms with Gasteiger partial charge in [0.1, 0.15) is 42.7 Å². The highest BCUT2D eigenvalue weighted by molar-refractivity contribution is 5.76. The van der Waals surface area contributed by atoms with Crippen molar-refractivity contribution in [2.75, 3.05) is 6.61 Å². The molecule has 0 aromatic heterocycles.